The second-order valence-electron chi connectivity index (χ2n) is 5.20. The van der Waals surface area contributed by atoms with Gasteiger partial charge in [-0.15, -0.1) is 0 Å². The smallest absolute Gasteiger partial charge is 0.274 e. The highest BCUT2D eigenvalue weighted by Gasteiger charge is 2.12. The second kappa shape index (κ2) is 8.03. The van der Waals surface area contributed by atoms with Crippen molar-refractivity contribution in [2.45, 2.75) is 0 Å². The lowest BCUT2D eigenvalue weighted by molar-refractivity contribution is 0.102. The lowest BCUT2D eigenvalue weighted by atomic mass is 10.2. The zero-order chi connectivity index (χ0) is 18.5. The summed E-state index contributed by atoms with van der Waals surface area (Å²) in [6.07, 6.45) is 1.30. The van der Waals surface area contributed by atoms with E-state index in [0.29, 0.717) is 22.3 Å². The van der Waals surface area contributed by atoms with E-state index in [2.05, 4.69) is 20.6 Å². The minimum atomic E-state index is -0.426. The fraction of sp³-hybridized carbons (Fsp3) is 0.0556. The lowest BCUT2D eigenvalue weighted by Gasteiger charge is -2.10. The number of carbonyl (C=O) groups is 1. The molecule has 0 saturated heterocycles. The zero-order valence-corrected chi connectivity index (χ0v) is 15.2. The van der Waals surface area contributed by atoms with Gasteiger partial charge in [0.25, 0.3) is 5.91 Å². The first-order valence-corrected chi connectivity index (χ1v) is 8.31. The quantitative estimate of drug-likeness (QED) is 0.656. The van der Waals surface area contributed by atoms with Crippen LogP contribution in [0, 0.1) is 0 Å². The van der Waals surface area contributed by atoms with Crippen LogP contribution in [-0.2, 0) is 0 Å². The Morgan fingerprint density at radius 1 is 1.08 bits per heavy atom. The number of ether oxygens (including phenoxy) is 1. The van der Waals surface area contributed by atoms with Gasteiger partial charge in [-0.25, -0.2) is 9.97 Å². The van der Waals surface area contributed by atoms with Gasteiger partial charge in [0.05, 0.1) is 22.8 Å². The first-order valence-electron chi connectivity index (χ1n) is 7.55. The molecule has 2 N–H and O–H groups in total. The summed E-state index contributed by atoms with van der Waals surface area (Å²) in [6.45, 7) is 0. The molecule has 0 aliphatic heterocycles. The molecule has 0 atom stereocenters. The van der Waals surface area contributed by atoms with E-state index < -0.39 is 5.91 Å². The van der Waals surface area contributed by atoms with E-state index in [-0.39, 0.29) is 10.7 Å². The van der Waals surface area contributed by atoms with Crippen LogP contribution in [0.15, 0.2) is 54.9 Å². The number of carbonyl (C=O) groups excluding carboxylic acids is 1. The molecule has 3 aromatic rings. The van der Waals surface area contributed by atoms with E-state index in [9.17, 15) is 4.79 Å². The fourth-order valence-corrected chi connectivity index (χ4v) is 2.53. The Bertz CT molecular complexity index is 950. The van der Waals surface area contributed by atoms with Crippen molar-refractivity contribution in [3.05, 3.63) is 70.6 Å². The summed E-state index contributed by atoms with van der Waals surface area (Å²) in [7, 11) is 1.59. The number of aromatic nitrogens is 2. The van der Waals surface area contributed by atoms with Gasteiger partial charge in [0, 0.05) is 17.8 Å². The predicted octanol–water partition coefficient (Wildman–Crippen LogP) is 4.79. The van der Waals surface area contributed by atoms with Gasteiger partial charge in [0.1, 0.15) is 23.6 Å². The molecule has 3 rings (SSSR count). The minimum absolute atomic E-state index is 0.182. The van der Waals surface area contributed by atoms with Crippen LogP contribution < -0.4 is 15.4 Å². The predicted molar refractivity (Wildman–Crippen MR) is 103 cm³/mol. The van der Waals surface area contributed by atoms with E-state index in [0.717, 1.165) is 5.69 Å². The molecular weight excluding hydrogens is 375 g/mol. The summed E-state index contributed by atoms with van der Waals surface area (Å²) in [6, 6.07) is 13.9. The molecule has 1 amide bonds. The molecule has 0 saturated carbocycles. The lowest BCUT2D eigenvalue weighted by Crippen LogP contribution is -2.14. The van der Waals surface area contributed by atoms with Crippen LogP contribution in [0.5, 0.6) is 5.75 Å². The van der Waals surface area contributed by atoms with E-state index in [1.807, 2.05) is 24.3 Å². The minimum Gasteiger partial charge on any atom is -0.497 e. The normalized spacial score (nSPS) is 10.3. The fourth-order valence-electron chi connectivity index (χ4n) is 2.19. The van der Waals surface area contributed by atoms with Crippen molar-refractivity contribution < 1.29 is 9.53 Å². The summed E-state index contributed by atoms with van der Waals surface area (Å²) in [5.74, 6) is 0.749. The van der Waals surface area contributed by atoms with Gasteiger partial charge in [0.2, 0.25) is 0 Å². The number of amides is 1. The Morgan fingerprint density at radius 2 is 1.88 bits per heavy atom. The molecule has 0 unspecified atom stereocenters. The van der Waals surface area contributed by atoms with Crippen LogP contribution in [0.25, 0.3) is 0 Å². The van der Waals surface area contributed by atoms with Crippen LogP contribution >= 0.6 is 23.2 Å². The maximum Gasteiger partial charge on any atom is 0.274 e. The summed E-state index contributed by atoms with van der Waals surface area (Å²) >= 11 is 12.0. The van der Waals surface area contributed by atoms with Gasteiger partial charge >= 0.3 is 0 Å². The number of hydrogen-bond donors (Lipinski definition) is 2. The molecule has 8 heteroatoms. The molecule has 0 spiro atoms. The van der Waals surface area contributed by atoms with Gasteiger partial charge in [-0.1, -0.05) is 35.3 Å². The number of hydrogen-bond acceptors (Lipinski definition) is 5. The topological polar surface area (TPSA) is 76.1 Å². The number of nitrogens with zero attached hydrogens (tertiary/aromatic N) is 2. The van der Waals surface area contributed by atoms with Crippen molar-refractivity contribution in [2.75, 3.05) is 17.7 Å². The van der Waals surface area contributed by atoms with Gasteiger partial charge in [-0.2, -0.15) is 0 Å². The molecule has 132 valence electrons. The molecule has 1 heterocycles. The monoisotopic (exact) mass is 388 g/mol. The van der Waals surface area contributed by atoms with E-state index in [4.69, 9.17) is 27.9 Å². The molecule has 0 aliphatic carbocycles. The molecule has 0 bridgehead atoms. The first-order chi connectivity index (χ1) is 12.6. The third-order valence-corrected chi connectivity index (χ3v) is 4.26. The van der Waals surface area contributed by atoms with Crippen molar-refractivity contribution in [1.29, 1.82) is 0 Å². The Balaban J connectivity index is 1.78. The average molecular weight is 389 g/mol. The number of halogens is 2. The molecule has 2 aromatic carbocycles. The molecule has 6 nitrogen and oxygen atoms in total. The third-order valence-electron chi connectivity index (χ3n) is 3.44. The maximum atomic E-state index is 12.4. The van der Waals surface area contributed by atoms with Gasteiger partial charge in [0.15, 0.2) is 0 Å². The number of rotatable bonds is 5. The van der Waals surface area contributed by atoms with Gasteiger partial charge in [-0.3, -0.25) is 4.79 Å². The second-order valence-corrected chi connectivity index (χ2v) is 5.99. The molecule has 26 heavy (non-hydrogen) atoms. The van der Waals surface area contributed by atoms with Crippen molar-refractivity contribution in [1.82, 2.24) is 9.97 Å². The first kappa shape index (κ1) is 18.0. The number of benzene rings is 2. The summed E-state index contributed by atoms with van der Waals surface area (Å²) in [4.78, 5) is 20.6. The van der Waals surface area contributed by atoms with Gasteiger partial charge in [-0.05, 0) is 24.3 Å². The highest BCUT2D eigenvalue weighted by Crippen LogP contribution is 2.29. The molecular formula is C18H14Cl2N4O2. The standard InChI is InChI=1S/C18H14Cl2N4O2/c1-26-12-5-2-4-11(8-12)23-16-9-15(21-10-22-16)18(25)24-14-7-3-6-13(19)17(14)20/h2-10H,1H3,(H,24,25)(H,21,22,23). The number of methoxy groups -OCH3 is 1. The van der Waals surface area contributed by atoms with Crippen molar-refractivity contribution >= 4 is 46.3 Å². The van der Waals surface area contributed by atoms with Crippen molar-refractivity contribution in [3.8, 4) is 5.75 Å². The Hall–Kier alpha value is -2.83. The molecule has 0 aliphatic rings. The Labute approximate surface area is 160 Å². The van der Waals surface area contributed by atoms with Crippen LogP contribution in [0.1, 0.15) is 10.5 Å². The van der Waals surface area contributed by atoms with E-state index in [1.165, 1.54) is 12.4 Å². The van der Waals surface area contributed by atoms with Crippen LogP contribution in [0.3, 0.4) is 0 Å². The highest BCUT2D eigenvalue weighted by molar-refractivity contribution is 6.44. The third kappa shape index (κ3) is 4.22. The number of anilines is 3. The van der Waals surface area contributed by atoms with Crippen LogP contribution in [0.2, 0.25) is 10.0 Å². The number of nitrogens with one attached hydrogen (secondary N) is 2. The molecule has 0 radical (unpaired) electrons. The largest absolute Gasteiger partial charge is 0.497 e. The average Bonchev–Trinajstić information content (AvgIpc) is 2.66. The molecule has 0 fully saturated rings. The van der Waals surface area contributed by atoms with Crippen LogP contribution in [0.4, 0.5) is 17.2 Å². The van der Waals surface area contributed by atoms with E-state index >= 15 is 0 Å². The summed E-state index contributed by atoms with van der Waals surface area (Å²) in [5.41, 5.74) is 1.36. The van der Waals surface area contributed by atoms with Crippen molar-refractivity contribution in [3.63, 3.8) is 0 Å². The van der Waals surface area contributed by atoms with Crippen molar-refractivity contribution in [2.24, 2.45) is 0 Å². The Morgan fingerprint density at radius 3 is 2.69 bits per heavy atom. The Kier molecular flexibility index (Phi) is 5.55. The SMILES string of the molecule is COc1cccc(Nc2cc(C(=O)Nc3cccc(Cl)c3Cl)ncn2)c1. The highest BCUT2D eigenvalue weighted by atomic mass is 35.5. The van der Waals surface area contributed by atoms with Crippen LogP contribution in [-0.4, -0.2) is 23.0 Å². The zero-order valence-electron chi connectivity index (χ0n) is 13.7. The summed E-state index contributed by atoms with van der Waals surface area (Å²) < 4.78 is 5.18. The van der Waals surface area contributed by atoms with Gasteiger partial charge < -0.3 is 15.4 Å². The molecule has 1 aromatic heterocycles. The maximum absolute atomic E-state index is 12.4. The van der Waals surface area contributed by atoms with E-state index in [1.54, 1.807) is 25.3 Å². The summed E-state index contributed by atoms with van der Waals surface area (Å²) in [5, 5.41) is 6.41.